The molecule has 19 heavy (non-hydrogen) atoms. The Kier molecular flexibility index (Phi) is 3.68. The molecule has 6 heteroatoms. The highest BCUT2D eigenvalue weighted by Crippen LogP contribution is 2.34. The summed E-state index contributed by atoms with van der Waals surface area (Å²) in [5.41, 5.74) is 6.40. The molecule has 0 aromatic heterocycles. The number of halogens is 3. The van der Waals surface area contributed by atoms with E-state index in [1.807, 2.05) is 0 Å². The molecule has 1 heterocycles. The summed E-state index contributed by atoms with van der Waals surface area (Å²) in [6, 6.07) is 6.59. The van der Waals surface area contributed by atoms with Gasteiger partial charge in [0.1, 0.15) is 0 Å². The van der Waals surface area contributed by atoms with E-state index in [1.165, 1.54) is 4.90 Å². The minimum atomic E-state index is -4.17. The van der Waals surface area contributed by atoms with Gasteiger partial charge in [-0.05, 0) is 25.0 Å². The summed E-state index contributed by atoms with van der Waals surface area (Å²) in [7, 11) is 0. The van der Waals surface area contributed by atoms with Gasteiger partial charge in [0.2, 0.25) is 0 Å². The first-order valence-corrected chi connectivity index (χ1v) is 6.10. The number of hydrogen-bond donors (Lipinski definition) is 1. The average molecular weight is 272 g/mol. The Morgan fingerprint density at radius 1 is 1.21 bits per heavy atom. The number of likely N-dealkylation sites (tertiary alicyclic amines) is 1. The first-order chi connectivity index (χ1) is 8.89. The highest BCUT2D eigenvalue weighted by atomic mass is 19.4. The number of carbonyl (C=O) groups is 1. The molecule has 2 N–H and O–H groups in total. The minimum Gasteiger partial charge on any atom is -0.398 e. The van der Waals surface area contributed by atoms with Gasteiger partial charge in [-0.25, -0.2) is 0 Å². The first-order valence-electron chi connectivity index (χ1n) is 6.10. The van der Waals surface area contributed by atoms with Crippen molar-refractivity contribution in [2.45, 2.75) is 19.0 Å². The Morgan fingerprint density at radius 3 is 2.32 bits per heavy atom. The normalized spacial score (nSPS) is 17.5. The molecule has 0 spiro atoms. The van der Waals surface area contributed by atoms with Crippen LogP contribution in [-0.2, 0) is 0 Å². The number of amides is 1. The van der Waals surface area contributed by atoms with Crippen molar-refractivity contribution in [3.8, 4) is 0 Å². The molecular formula is C13H15F3N2O. The fraction of sp³-hybridized carbons (Fsp3) is 0.462. The van der Waals surface area contributed by atoms with E-state index in [1.54, 1.807) is 24.3 Å². The number of benzene rings is 1. The van der Waals surface area contributed by atoms with Crippen molar-refractivity contribution in [3.05, 3.63) is 29.8 Å². The van der Waals surface area contributed by atoms with Crippen LogP contribution in [0, 0.1) is 5.92 Å². The third kappa shape index (κ3) is 3.00. The maximum Gasteiger partial charge on any atom is 0.391 e. The monoisotopic (exact) mass is 272 g/mol. The van der Waals surface area contributed by atoms with Gasteiger partial charge in [0.25, 0.3) is 5.91 Å². The second kappa shape index (κ2) is 5.11. The molecule has 1 aromatic carbocycles. The van der Waals surface area contributed by atoms with E-state index in [9.17, 15) is 18.0 Å². The molecule has 0 radical (unpaired) electrons. The van der Waals surface area contributed by atoms with E-state index in [0.717, 1.165) is 0 Å². The molecule has 1 aliphatic heterocycles. The molecule has 2 rings (SSSR count). The number of nitrogen functional groups attached to an aromatic ring is 1. The Bertz CT molecular complexity index is 465. The van der Waals surface area contributed by atoms with E-state index in [4.69, 9.17) is 5.73 Å². The fourth-order valence-electron chi connectivity index (χ4n) is 2.27. The minimum absolute atomic E-state index is 0.0397. The Hall–Kier alpha value is -1.72. The van der Waals surface area contributed by atoms with Crippen LogP contribution in [0.25, 0.3) is 0 Å². The highest BCUT2D eigenvalue weighted by molar-refractivity contribution is 5.99. The lowest BCUT2D eigenvalue weighted by atomic mass is 9.95. The van der Waals surface area contributed by atoms with Gasteiger partial charge in [0.05, 0.1) is 11.5 Å². The van der Waals surface area contributed by atoms with E-state index < -0.39 is 12.1 Å². The summed E-state index contributed by atoms with van der Waals surface area (Å²) in [6.45, 7) is 0.245. The van der Waals surface area contributed by atoms with Gasteiger partial charge < -0.3 is 10.6 Å². The van der Waals surface area contributed by atoms with Crippen molar-refractivity contribution in [3.63, 3.8) is 0 Å². The van der Waals surface area contributed by atoms with E-state index in [-0.39, 0.29) is 31.8 Å². The molecule has 0 unspecified atom stereocenters. The van der Waals surface area contributed by atoms with Crippen molar-refractivity contribution in [2.24, 2.45) is 5.92 Å². The number of piperidine rings is 1. The molecule has 0 atom stereocenters. The lowest BCUT2D eigenvalue weighted by molar-refractivity contribution is -0.183. The number of para-hydroxylation sites is 1. The third-order valence-electron chi connectivity index (χ3n) is 3.44. The van der Waals surface area contributed by atoms with Crippen LogP contribution in [0.4, 0.5) is 18.9 Å². The molecule has 0 saturated carbocycles. The molecule has 1 aromatic rings. The zero-order valence-corrected chi connectivity index (χ0v) is 10.3. The maximum absolute atomic E-state index is 12.5. The van der Waals surface area contributed by atoms with Gasteiger partial charge in [0, 0.05) is 18.8 Å². The molecule has 1 aliphatic rings. The lowest BCUT2D eigenvalue weighted by Crippen LogP contribution is -2.42. The number of hydrogen-bond acceptors (Lipinski definition) is 2. The van der Waals surface area contributed by atoms with E-state index in [0.29, 0.717) is 11.3 Å². The first kappa shape index (κ1) is 13.7. The topological polar surface area (TPSA) is 46.3 Å². The van der Waals surface area contributed by atoms with Crippen LogP contribution < -0.4 is 5.73 Å². The zero-order chi connectivity index (χ0) is 14.0. The summed E-state index contributed by atoms with van der Waals surface area (Å²) in [4.78, 5) is 13.6. The number of alkyl halides is 3. The number of rotatable bonds is 1. The van der Waals surface area contributed by atoms with Gasteiger partial charge in [-0.3, -0.25) is 4.79 Å². The smallest absolute Gasteiger partial charge is 0.391 e. The molecule has 1 saturated heterocycles. The Morgan fingerprint density at radius 2 is 1.79 bits per heavy atom. The Balaban J connectivity index is 2.03. The number of nitrogens with zero attached hydrogens (tertiary/aromatic N) is 1. The highest BCUT2D eigenvalue weighted by Gasteiger charge is 2.41. The number of carbonyl (C=O) groups excluding carboxylic acids is 1. The van der Waals surface area contributed by atoms with Crippen molar-refractivity contribution in [1.29, 1.82) is 0 Å². The maximum atomic E-state index is 12.5. The molecule has 1 fully saturated rings. The van der Waals surface area contributed by atoms with Crippen molar-refractivity contribution < 1.29 is 18.0 Å². The van der Waals surface area contributed by atoms with Gasteiger partial charge in [-0.15, -0.1) is 0 Å². The summed E-state index contributed by atoms with van der Waals surface area (Å²) < 4.78 is 37.6. The van der Waals surface area contributed by atoms with Crippen LogP contribution in [0.5, 0.6) is 0 Å². The molecule has 3 nitrogen and oxygen atoms in total. The third-order valence-corrected chi connectivity index (χ3v) is 3.44. The molecule has 104 valence electrons. The Labute approximate surface area is 109 Å². The van der Waals surface area contributed by atoms with E-state index >= 15 is 0 Å². The van der Waals surface area contributed by atoms with Gasteiger partial charge in [0.15, 0.2) is 0 Å². The summed E-state index contributed by atoms with van der Waals surface area (Å²) in [5, 5.41) is 0. The average Bonchev–Trinajstić information content (AvgIpc) is 2.38. The predicted molar refractivity (Wildman–Crippen MR) is 65.5 cm³/mol. The molecule has 0 bridgehead atoms. The predicted octanol–water partition coefficient (Wildman–Crippen LogP) is 2.68. The van der Waals surface area contributed by atoms with Crippen LogP contribution in [0.15, 0.2) is 24.3 Å². The fourth-order valence-corrected chi connectivity index (χ4v) is 2.27. The lowest BCUT2D eigenvalue weighted by Gasteiger charge is -2.33. The van der Waals surface area contributed by atoms with Crippen LogP contribution in [-0.4, -0.2) is 30.1 Å². The van der Waals surface area contributed by atoms with Crippen molar-refractivity contribution >= 4 is 11.6 Å². The van der Waals surface area contributed by atoms with Crippen LogP contribution >= 0.6 is 0 Å². The second-order valence-electron chi connectivity index (χ2n) is 4.70. The van der Waals surface area contributed by atoms with Gasteiger partial charge in [-0.2, -0.15) is 13.2 Å². The number of anilines is 1. The molecule has 1 amide bonds. The van der Waals surface area contributed by atoms with Crippen LogP contribution in [0.1, 0.15) is 23.2 Å². The van der Waals surface area contributed by atoms with Crippen molar-refractivity contribution in [2.75, 3.05) is 18.8 Å². The number of nitrogens with two attached hydrogens (primary N) is 1. The van der Waals surface area contributed by atoms with Crippen LogP contribution in [0.2, 0.25) is 0 Å². The van der Waals surface area contributed by atoms with Crippen LogP contribution in [0.3, 0.4) is 0 Å². The largest absolute Gasteiger partial charge is 0.398 e. The van der Waals surface area contributed by atoms with Crippen molar-refractivity contribution in [1.82, 2.24) is 4.90 Å². The summed E-state index contributed by atoms with van der Waals surface area (Å²) in [5.74, 6) is -1.59. The summed E-state index contributed by atoms with van der Waals surface area (Å²) >= 11 is 0. The standard InChI is InChI=1S/C13H15F3N2O/c14-13(15,16)9-5-7-18(8-6-9)12(19)10-3-1-2-4-11(10)17/h1-4,9H,5-8,17H2. The van der Waals surface area contributed by atoms with Gasteiger partial charge in [-0.1, -0.05) is 12.1 Å². The molecular weight excluding hydrogens is 257 g/mol. The van der Waals surface area contributed by atoms with Gasteiger partial charge >= 0.3 is 6.18 Å². The summed E-state index contributed by atoms with van der Waals surface area (Å²) in [6.07, 6.45) is -4.25. The molecule has 0 aliphatic carbocycles. The SMILES string of the molecule is Nc1ccccc1C(=O)N1CCC(C(F)(F)F)CC1. The zero-order valence-electron chi connectivity index (χ0n) is 10.3. The quantitative estimate of drug-likeness (QED) is 0.799. The second-order valence-corrected chi connectivity index (χ2v) is 4.70. The van der Waals surface area contributed by atoms with E-state index in [2.05, 4.69) is 0 Å².